The molecule has 2 N–H and O–H groups in total. The summed E-state index contributed by atoms with van der Waals surface area (Å²) in [5, 5.41) is 6.24. The summed E-state index contributed by atoms with van der Waals surface area (Å²) in [6.07, 6.45) is 9.38. The van der Waals surface area contributed by atoms with Crippen molar-refractivity contribution in [1.29, 1.82) is 0 Å². The molecule has 5 unspecified atom stereocenters. The highest BCUT2D eigenvalue weighted by molar-refractivity contribution is 5.95. The van der Waals surface area contributed by atoms with Crippen molar-refractivity contribution < 1.29 is 9.59 Å². The van der Waals surface area contributed by atoms with Gasteiger partial charge in [0.2, 0.25) is 0 Å². The third-order valence-corrected chi connectivity index (χ3v) is 9.43. The topological polar surface area (TPSA) is 78.7 Å². The van der Waals surface area contributed by atoms with Crippen LogP contribution in [0.5, 0.6) is 0 Å². The normalized spacial score (nSPS) is 32.4. The van der Waals surface area contributed by atoms with Gasteiger partial charge in [-0.1, -0.05) is 19.9 Å². The largest absolute Gasteiger partial charge is 0.351 e. The standard InChI is InChI=1S/C27H37N5O2/c1-3-31(4-2)10-6-9-28-24(33)21-15-32-22(7-5-8-23(32)30-21)25(34)29-17-26-12-18-11-20(18)27(16-26)14-19(27)13-26/h5,7-8,15,18-20H,3-4,6,9-14,16-17H2,1-2H3,(H,28,33)(H,29,34). The molecule has 4 fully saturated rings. The quantitative estimate of drug-likeness (QED) is 0.530. The first-order valence-electron chi connectivity index (χ1n) is 13.2. The molecule has 0 saturated heterocycles. The zero-order valence-corrected chi connectivity index (χ0v) is 20.5. The van der Waals surface area contributed by atoms with Crippen molar-refractivity contribution in [2.45, 2.75) is 52.4 Å². The van der Waals surface area contributed by atoms with Crippen LogP contribution in [-0.4, -0.2) is 58.8 Å². The number of fused-ring (bicyclic) bond motifs is 3. The second kappa shape index (κ2) is 8.08. The lowest BCUT2D eigenvalue weighted by Crippen LogP contribution is -2.40. The Balaban J connectivity index is 1.09. The van der Waals surface area contributed by atoms with E-state index in [1.165, 1.54) is 32.1 Å². The van der Waals surface area contributed by atoms with Crippen molar-refractivity contribution in [3.8, 4) is 0 Å². The van der Waals surface area contributed by atoms with Crippen LogP contribution in [0.2, 0.25) is 0 Å². The number of rotatable bonds is 10. The number of carbonyl (C=O) groups excluding carboxylic acids is 2. The molecular weight excluding hydrogens is 426 g/mol. The van der Waals surface area contributed by atoms with E-state index < -0.39 is 0 Å². The first kappa shape index (κ1) is 22.1. The Morgan fingerprint density at radius 3 is 2.82 bits per heavy atom. The average Bonchev–Trinajstić information content (AvgIpc) is 3.67. The third kappa shape index (κ3) is 3.63. The molecule has 2 amide bonds. The molecule has 7 heteroatoms. The fourth-order valence-corrected chi connectivity index (χ4v) is 7.66. The molecule has 4 aliphatic rings. The van der Waals surface area contributed by atoms with Crippen molar-refractivity contribution in [1.82, 2.24) is 24.9 Å². The smallest absolute Gasteiger partial charge is 0.271 e. The second-order valence-electron chi connectivity index (χ2n) is 11.4. The van der Waals surface area contributed by atoms with Gasteiger partial charge < -0.3 is 15.5 Å². The van der Waals surface area contributed by atoms with Crippen LogP contribution in [0.15, 0.2) is 24.4 Å². The predicted molar refractivity (Wildman–Crippen MR) is 131 cm³/mol. The van der Waals surface area contributed by atoms with Crippen LogP contribution in [0.3, 0.4) is 0 Å². The van der Waals surface area contributed by atoms with Gasteiger partial charge >= 0.3 is 0 Å². The van der Waals surface area contributed by atoms with Crippen LogP contribution in [0, 0.1) is 28.6 Å². The van der Waals surface area contributed by atoms with Gasteiger partial charge in [-0.15, -0.1) is 0 Å². The van der Waals surface area contributed by atoms with E-state index in [4.69, 9.17) is 0 Å². The predicted octanol–water partition coefficient (Wildman–Crippen LogP) is 3.35. The van der Waals surface area contributed by atoms with Crippen molar-refractivity contribution in [2.75, 3.05) is 32.7 Å². The van der Waals surface area contributed by atoms with Gasteiger partial charge in [0.25, 0.3) is 11.8 Å². The molecule has 4 saturated carbocycles. The first-order chi connectivity index (χ1) is 16.5. The number of pyridine rings is 1. The summed E-state index contributed by atoms with van der Waals surface area (Å²) in [4.78, 5) is 32.7. The van der Waals surface area contributed by atoms with Crippen LogP contribution >= 0.6 is 0 Å². The third-order valence-electron chi connectivity index (χ3n) is 9.43. The van der Waals surface area contributed by atoms with Gasteiger partial charge in [0.15, 0.2) is 0 Å². The highest BCUT2D eigenvalue weighted by Gasteiger charge is 2.76. The van der Waals surface area contributed by atoms with E-state index in [0.717, 1.165) is 50.4 Å². The zero-order valence-electron chi connectivity index (χ0n) is 20.5. The van der Waals surface area contributed by atoms with Gasteiger partial charge in [-0.05, 0) is 98.9 Å². The molecule has 182 valence electrons. The van der Waals surface area contributed by atoms with Gasteiger partial charge in [-0.25, -0.2) is 4.98 Å². The number of amides is 2. The lowest BCUT2D eigenvalue weighted by molar-refractivity contribution is 0.0888. The molecule has 0 aliphatic heterocycles. The molecule has 5 atom stereocenters. The number of nitrogens with zero attached hydrogens (tertiary/aromatic N) is 3. The van der Waals surface area contributed by atoms with Crippen molar-refractivity contribution in [3.05, 3.63) is 35.8 Å². The van der Waals surface area contributed by atoms with E-state index in [1.54, 1.807) is 10.6 Å². The van der Waals surface area contributed by atoms with Crippen LogP contribution in [0.4, 0.5) is 0 Å². The minimum absolute atomic E-state index is 0.0731. The minimum atomic E-state index is -0.190. The van der Waals surface area contributed by atoms with E-state index in [0.29, 0.717) is 34.4 Å². The monoisotopic (exact) mass is 463 g/mol. The second-order valence-corrected chi connectivity index (χ2v) is 11.4. The summed E-state index contributed by atoms with van der Waals surface area (Å²) in [6.45, 7) is 8.69. The first-order valence-corrected chi connectivity index (χ1v) is 13.2. The van der Waals surface area contributed by atoms with Crippen LogP contribution in [-0.2, 0) is 0 Å². The summed E-state index contributed by atoms with van der Waals surface area (Å²) in [5.41, 5.74) is 2.49. The molecule has 2 aromatic rings. The van der Waals surface area contributed by atoms with Gasteiger partial charge in [-0.2, -0.15) is 0 Å². The summed E-state index contributed by atoms with van der Waals surface area (Å²) in [7, 11) is 0. The van der Waals surface area contributed by atoms with Crippen molar-refractivity contribution in [2.24, 2.45) is 28.6 Å². The van der Waals surface area contributed by atoms with Crippen molar-refractivity contribution >= 4 is 17.5 Å². The molecule has 0 radical (unpaired) electrons. The van der Waals surface area contributed by atoms with Gasteiger partial charge in [0, 0.05) is 19.3 Å². The summed E-state index contributed by atoms with van der Waals surface area (Å²) < 4.78 is 1.75. The lowest BCUT2D eigenvalue weighted by atomic mass is 9.71. The van der Waals surface area contributed by atoms with Crippen LogP contribution in [0.1, 0.15) is 73.3 Å². The number of aromatic nitrogens is 2. The van der Waals surface area contributed by atoms with E-state index in [2.05, 4.69) is 34.4 Å². The van der Waals surface area contributed by atoms with E-state index in [9.17, 15) is 9.59 Å². The Morgan fingerprint density at radius 2 is 2.00 bits per heavy atom. The summed E-state index contributed by atoms with van der Waals surface area (Å²) >= 11 is 0. The molecule has 2 aromatic heterocycles. The number of hydrogen-bond donors (Lipinski definition) is 2. The SMILES string of the molecule is CCN(CC)CCCNC(=O)c1cn2c(C(=O)NCC34CC5CC5C5(CC5C3)C4)cccc2n1. The fraction of sp³-hybridized carbons (Fsp3) is 0.667. The maximum absolute atomic E-state index is 13.2. The molecule has 1 spiro atoms. The Hall–Kier alpha value is -2.41. The number of nitrogens with one attached hydrogen (secondary N) is 2. The highest BCUT2D eigenvalue weighted by Crippen LogP contribution is 2.83. The summed E-state index contributed by atoms with van der Waals surface area (Å²) in [6, 6.07) is 5.50. The fourth-order valence-electron chi connectivity index (χ4n) is 7.66. The molecule has 7 nitrogen and oxygen atoms in total. The highest BCUT2D eigenvalue weighted by atomic mass is 16.2. The van der Waals surface area contributed by atoms with E-state index in [1.807, 2.05) is 18.2 Å². The maximum Gasteiger partial charge on any atom is 0.271 e. The van der Waals surface area contributed by atoms with E-state index in [-0.39, 0.29) is 11.8 Å². The average molecular weight is 464 g/mol. The van der Waals surface area contributed by atoms with Gasteiger partial charge in [0.1, 0.15) is 17.0 Å². The Bertz CT molecular complexity index is 1120. The van der Waals surface area contributed by atoms with Gasteiger partial charge in [-0.3, -0.25) is 14.0 Å². The van der Waals surface area contributed by atoms with Crippen molar-refractivity contribution in [3.63, 3.8) is 0 Å². The van der Waals surface area contributed by atoms with Crippen LogP contribution in [0.25, 0.3) is 5.65 Å². The molecule has 2 bridgehead atoms. The molecular formula is C27H37N5O2. The van der Waals surface area contributed by atoms with Crippen LogP contribution < -0.4 is 10.6 Å². The molecule has 2 heterocycles. The maximum atomic E-state index is 13.2. The number of imidazole rings is 1. The Labute approximate surface area is 201 Å². The number of hydrogen-bond acceptors (Lipinski definition) is 4. The molecule has 6 rings (SSSR count). The van der Waals surface area contributed by atoms with Gasteiger partial charge in [0.05, 0.1) is 0 Å². The lowest BCUT2D eigenvalue weighted by Gasteiger charge is -2.36. The number of carbonyl (C=O) groups is 2. The Kier molecular flexibility index (Phi) is 5.24. The summed E-state index contributed by atoms with van der Waals surface area (Å²) in [5.74, 6) is 2.59. The van der Waals surface area contributed by atoms with E-state index >= 15 is 0 Å². The zero-order chi connectivity index (χ0) is 23.5. The molecule has 4 aliphatic carbocycles. The molecule has 34 heavy (non-hydrogen) atoms. The minimum Gasteiger partial charge on any atom is -0.351 e. The Morgan fingerprint density at radius 1 is 1.15 bits per heavy atom. The molecule has 0 aromatic carbocycles.